The van der Waals surface area contributed by atoms with Crippen molar-refractivity contribution in [3.05, 3.63) is 23.8 Å². The van der Waals surface area contributed by atoms with Gasteiger partial charge in [-0.25, -0.2) is 0 Å². The smallest absolute Gasteiger partial charge is 0.321 e. The molecule has 0 spiro atoms. The van der Waals surface area contributed by atoms with Crippen molar-refractivity contribution in [2.24, 2.45) is 34.8 Å². The van der Waals surface area contributed by atoms with Gasteiger partial charge in [0.15, 0.2) is 11.5 Å². The summed E-state index contributed by atoms with van der Waals surface area (Å²) in [6.07, 6.45) is -0.315. The molecule has 9 nitrogen and oxygen atoms in total. The highest BCUT2D eigenvalue weighted by Gasteiger charge is 2.31. The van der Waals surface area contributed by atoms with Crippen LogP contribution in [0.25, 0.3) is 0 Å². The number of aliphatic carboxylic acids is 1. The van der Waals surface area contributed by atoms with Gasteiger partial charge in [-0.05, 0) is 48.3 Å². The van der Waals surface area contributed by atoms with Crippen LogP contribution in [0.2, 0.25) is 0 Å². The van der Waals surface area contributed by atoms with Crippen LogP contribution in [-0.4, -0.2) is 41.1 Å². The van der Waals surface area contributed by atoms with E-state index in [4.69, 9.17) is 19.9 Å². The third-order valence-corrected chi connectivity index (χ3v) is 6.87. The van der Waals surface area contributed by atoms with Gasteiger partial charge in [0.1, 0.15) is 6.04 Å². The van der Waals surface area contributed by atoms with Gasteiger partial charge in [0.05, 0.1) is 24.4 Å². The first-order valence-electron chi connectivity index (χ1n) is 13.6. The number of hydrogen-bond donors (Lipinski definition) is 2. The normalized spacial score (nSPS) is 15.7. The predicted octanol–water partition coefficient (Wildman–Crippen LogP) is 5.34. The molecule has 0 saturated carbocycles. The largest absolute Gasteiger partial charge is 0.480 e. The molecule has 1 rings (SSSR count). The second-order valence-electron chi connectivity index (χ2n) is 12.4. The number of carbonyl (C=O) groups is 4. The van der Waals surface area contributed by atoms with Crippen molar-refractivity contribution in [3.8, 4) is 11.5 Å². The summed E-state index contributed by atoms with van der Waals surface area (Å²) in [5, 5.41) is 9.71. The monoisotopic (exact) mass is 549 g/mol. The van der Waals surface area contributed by atoms with Crippen molar-refractivity contribution < 1.29 is 38.5 Å². The molecule has 3 N–H and O–H groups in total. The predicted molar refractivity (Wildman–Crippen MR) is 148 cm³/mol. The molecule has 0 aliphatic heterocycles. The molecule has 1 aromatic carbocycles. The van der Waals surface area contributed by atoms with Gasteiger partial charge in [0, 0.05) is 5.92 Å². The van der Waals surface area contributed by atoms with Gasteiger partial charge >= 0.3 is 23.9 Å². The number of rotatable bonds is 13. The lowest BCUT2D eigenvalue weighted by molar-refractivity contribution is -0.151. The van der Waals surface area contributed by atoms with Crippen molar-refractivity contribution in [1.82, 2.24) is 0 Å². The fourth-order valence-corrected chi connectivity index (χ4v) is 3.63. The number of carboxylic acid groups (broad SMARTS) is 1. The van der Waals surface area contributed by atoms with Crippen molar-refractivity contribution in [2.45, 2.75) is 100 Å². The maximum absolute atomic E-state index is 12.8. The third-order valence-electron chi connectivity index (χ3n) is 6.87. The van der Waals surface area contributed by atoms with Crippen LogP contribution in [0.4, 0.5) is 0 Å². The number of benzene rings is 1. The Morgan fingerprint density at radius 2 is 1.33 bits per heavy atom. The van der Waals surface area contributed by atoms with E-state index in [0.29, 0.717) is 5.56 Å². The standard InChI is InChI=1S/C30H47NO8/c1-16(2)19(6)28(35)38-23-12-11-21(14-24(23)39-29(36)20(7)17(3)4)22(26(31)27(33)34)13-18(5)37-25(32)15-30(8,9)10/h11-12,14,16-20,22,26H,13,15,31H2,1-10H3,(H,33,34)/t18?,19?,20?,22?,26-/m0/s1. The minimum absolute atomic E-state index is 0.00413. The molecule has 0 heterocycles. The molecule has 5 atom stereocenters. The summed E-state index contributed by atoms with van der Waals surface area (Å²) >= 11 is 0. The van der Waals surface area contributed by atoms with Gasteiger partial charge in [-0.15, -0.1) is 0 Å². The highest BCUT2D eigenvalue weighted by Crippen LogP contribution is 2.36. The summed E-state index contributed by atoms with van der Waals surface area (Å²) in [5.41, 5.74) is 6.25. The third kappa shape index (κ3) is 11.0. The molecule has 1 aromatic rings. The first-order chi connectivity index (χ1) is 17.8. The zero-order valence-corrected chi connectivity index (χ0v) is 25.1. The Balaban J connectivity index is 3.43. The molecule has 0 saturated heterocycles. The fourth-order valence-electron chi connectivity index (χ4n) is 3.63. The summed E-state index contributed by atoms with van der Waals surface area (Å²) < 4.78 is 16.8. The fraction of sp³-hybridized carbons (Fsp3) is 0.667. The first-order valence-corrected chi connectivity index (χ1v) is 13.6. The lowest BCUT2D eigenvalue weighted by Gasteiger charge is -2.26. The van der Waals surface area contributed by atoms with E-state index in [2.05, 4.69) is 0 Å². The van der Waals surface area contributed by atoms with Gasteiger partial charge in [0.2, 0.25) is 0 Å². The Bertz CT molecular complexity index is 1010. The number of ether oxygens (including phenoxy) is 3. The van der Waals surface area contributed by atoms with Crippen molar-refractivity contribution in [3.63, 3.8) is 0 Å². The SMILES string of the molecule is CC(CC(c1ccc(OC(=O)C(C)C(C)C)c(OC(=O)C(C)C(C)C)c1)[C@H](N)C(=O)O)OC(=O)CC(C)(C)C. The second kappa shape index (κ2) is 14.4. The summed E-state index contributed by atoms with van der Waals surface area (Å²) in [7, 11) is 0. The maximum atomic E-state index is 12.8. The average Bonchev–Trinajstić information content (AvgIpc) is 2.80. The molecule has 0 amide bonds. The summed E-state index contributed by atoms with van der Waals surface area (Å²) in [6, 6.07) is 3.20. The van der Waals surface area contributed by atoms with Crippen molar-refractivity contribution in [1.29, 1.82) is 0 Å². The van der Waals surface area contributed by atoms with Gasteiger partial charge in [-0.3, -0.25) is 19.2 Å². The van der Waals surface area contributed by atoms with E-state index in [0.717, 1.165) is 0 Å². The van der Waals surface area contributed by atoms with Crippen molar-refractivity contribution >= 4 is 23.9 Å². The summed E-state index contributed by atoms with van der Waals surface area (Å²) in [5.74, 6) is -4.18. The number of carboxylic acids is 1. The Hall–Kier alpha value is -2.94. The quantitative estimate of drug-likeness (QED) is 0.246. The zero-order valence-electron chi connectivity index (χ0n) is 25.1. The van der Waals surface area contributed by atoms with Crippen LogP contribution in [0.15, 0.2) is 18.2 Å². The maximum Gasteiger partial charge on any atom is 0.321 e. The topological polar surface area (TPSA) is 142 Å². The van der Waals surface area contributed by atoms with Crippen LogP contribution in [0.3, 0.4) is 0 Å². The average molecular weight is 550 g/mol. The van der Waals surface area contributed by atoms with Gasteiger partial charge in [-0.1, -0.05) is 68.4 Å². The van der Waals surface area contributed by atoms with Crippen LogP contribution in [0.5, 0.6) is 11.5 Å². The highest BCUT2D eigenvalue weighted by molar-refractivity contribution is 5.79. The zero-order chi connectivity index (χ0) is 30.2. The lowest BCUT2D eigenvalue weighted by atomic mass is 9.86. The molecule has 0 aliphatic rings. The summed E-state index contributed by atoms with van der Waals surface area (Å²) in [6.45, 7) is 18.5. The highest BCUT2D eigenvalue weighted by atomic mass is 16.6. The number of carbonyl (C=O) groups excluding carboxylic acids is 3. The minimum Gasteiger partial charge on any atom is -0.480 e. The van der Waals surface area contributed by atoms with Crippen LogP contribution in [0, 0.1) is 29.1 Å². The van der Waals surface area contributed by atoms with Gasteiger partial charge < -0.3 is 25.1 Å². The molecular formula is C30H47NO8. The molecule has 39 heavy (non-hydrogen) atoms. The van der Waals surface area contributed by atoms with E-state index in [1.54, 1.807) is 26.8 Å². The van der Waals surface area contributed by atoms with Crippen LogP contribution >= 0.6 is 0 Å². The van der Waals surface area contributed by atoms with Gasteiger partial charge in [-0.2, -0.15) is 0 Å². The van der Waals surface area contributed by atoms with E-state index < -0.39 is 53.8 Å². The van der Waals surface area contributed by atoms with Crippen LogP contribution in [-0.2, 0) is 23.9 Å². The molecule has 0 aromatic heterocycles. The Labute approximate surface area is 232 Å². The molecule has 4 unspecified atom stereocenters. The second-order valence-corrected chi connectivity index (χ2v) is 12.4. The molecule has 220 valence electrons. The molecule has 0 radical (unpaired) electrons. The van der Waals surface area contributed by atoms with Gasteiger partial charge in [0.25, 0.3) is 0 Å². The van der Waals surface area contributed by atoms with E-state index in [1.165, 1.54) is 12.1 Å². The Morgan fingerprint density at radius 1 is 0.846 bits per heavy atom. The molecule has 0 aliphatic carbocycles. The van der Waals surface area contributed by atoms with E-state index in [1.807, 2.05) is 48.5 Å². The van der Waals surface area contributed by atoms with E-state index >= 15 is 0 Å². The summed E-state index contributed by atoms with van der Waals surface area (Å²) in [4.78, 5) is 49.8. The molecule has 0 fully saturated rings. The minimum atomic E-state index is -1.33. The Morgan fingerprint density at radius 3 is 1.77 bits per heavy atom. The number of esters is 3. The van der Waals surface area contributed by atoms with E-state index in [-0.39, 0.29) is 41.6 Å². The molecule has 0 bridgehead atoms. The lowest BCUT2D eigenvalue weighted by Crippen LogP contribution is -2.38. The number of nitrogens with two attached hydrogens (primary N) is 1. The Kier molecular flexibility index (Phi) is 12.6. The van der Waals surface area contributed by atoms with Crippen molar-refractivity contribution in [2.75, 3.05) is 0 Å². The molecular weight excluding hydrogens is 502 g/mol. The number of hydrogen-bond acceptors (Lipinski definition) is 8. The first kappa shape index (κ1) is 34.1. The van der Waals surface area contributed by atoms with E-state index in [9.17, 15) is 24.3 Å². The van der Waals surface area contributed by atoms with Crippen LogP contribution < -0.4 is 15.2 Å². The van der Waals surface area contributed by atoms with Crippen LogP contribution in [0.1, 0.15) is 93.6 Å². The molecule has 9 heteroatoms.